The fourth-order valence-corrected chi connectivity index (χ4v) is 9.48. The van der Waals surface area contributed by atoms with Crippen LogP contribution in [0.2, 0.25) is 0 Å². The number of aromatic nitrogens is 2. The fourth-order valence-electron chi connectivity index (χ4n) is 7.72. The number of ether oxygens (including phenoxy) is 4. The second kappa shape index (κ2) is 23.0. The molecule has 5 atom stereocenters. The van der Waals surface area contributed by atoms with Gasteiger partial charge in [-0.3, -0.25) is 9.36 Å². The van der Waals surface area contributed by atoms with Gasteiger partial charge in [0, 0.05) is 30.6 Å². The number of hydrogen-bond acceptors (Lipinski definition) is 11. The van der Waals surface area contributed by atoms with Crippen LogP contribution in [0, 0.1) is 17.2 Å². The third-order valence-electron chi connectivity index (χ3n) is 10.9. The third-order valence-corrected chi connectivity index (χ3v) is 13.0. The van der Waals surface area contributed by atoms with E-state index in [9.17, 15) is 14.9 Å². The van der Waals surface area contributed by atoms with Crippen LogP contribution >= 0.6 is 8.53 Å². The molecule has 1 amide bonds. The molecule has 0 aliphatic carbocycles. The van der Waals surface area contributed by atoms with Crippen molar-refractivity contribution in [2.75, 3.05) is 32.8 Å². The Morgan fingerprint density at radius 3 is 2.08 bits per heavy atom. The highest BCUT2D eigenvalue weighted by Crippen LogP contribution is 2.50. The molecule has 4 aromatic rings. The first-order valence-corrected chi connectivity index (χ1v) is 22.4. The summed E-state index contributed by atoms with van der Waals surface area (Å²) >= 11 is 0. The van der Waals surface area contributed by atoms with Crippen molar-refractivity contribution in [1.82, 2.24) is 14.2 Å². The number of carbonyl (C=O) groups is 1. The SMILES string of the molecule is CCCCC(CC)C(=O)Nc1ccn(C2CC(OP(OCCC#N)N(C(C)C)C(C)C)C(COC(c3ccccc3)(c3ccc(OC)cc3)c3ccc(OC)cc3)O2)c(=O)n1. The molecule has 1 aliphatic rings. The van der Waals surface area contributed by atoms with Gasteiger partial charge in [-0.05, 0) is 87.6 Å². The lowest BCUT2D eigenvalue weighted by Crippen LogP contribution is -2.39. The summed E-state index contributed by atoms with van der Waals surface area (Å²) in [6.45, 7) is 12.6. The van der Waals surface area contributed by atoms with E-state index in [4.69, 9.17) is 28.0 Å². The normalized spacial score (nSPS) is 17.6. The molecule has 1 aromatic heterocycles. The summed E-state index contributed by atoms with van der Waals surface area (Å²) in [5.41, 5.74) is 0.861. The minimum Gasteiger partial charge on any atom is -0.497 e. The molecule has 1 N–H and O–H groups in total. The van der Waals surface area contributed by atoms with Gasteiger partial charge in [0.2, 0.25) is 5.91 Å². The highest BCUT2D eigenvalue weighted by molar-refractivity contribution is 7.44. The highest BCUT2D eigenvalue weighted by atomic mass is 31.2. The zero-order valence-electron chi connectivity index (χ0n) is 36.8. The minimum absolute atomic E-state index is 0.0331. The minimum atomic E-state index is -1.69. The van der Waals surface area contributed by atoms with E-state index in [-0.39, 0.29) is 55.8 Å². The molecule has 5 unspecified atom stereocenters. The summed E-state index contributed by atoms with van der Waals surface area (Å²) < 4.78 is 42.1. The van der Waals surface area contributed by atoms with E-state index in [0.717, 1.165) is 36.0 Å². The Labute approximate surface area is 362 Å². The molecule has 3 aromatic carbocycles. The van der Waals surface area contributed by atoms with Gasteiger partial charge in [-0.1, -0.05) is 81.3 Å². The van der Waals surface area contributed by atoms with Crippen LogP contribution in [0.3, 0.4) is 0 Å². The molecule has 1 saturated heterocycles. The Kier molecular flexibility index (Phi) is 17.8. The van der Waals surface area contributed by atoms with Crippen LogP contribution in [-0.4, -0.2) is 71.9 Å². The summed E-state index contributed by atoms with van der Waals surface area (Å²) in [6, 6.07) is 29.5. The van der Waals surface area contributed by atoms with Gasteiger partial charge in [0.05, 0.1) is 46.0 Å². The number of anilines is 1. The number of nitriles is 1. The van der Waals surface area contributed by atoms with Crippen molar-refractivity contribution in [3.63, 3.8) is 0 Å². The number of methoxy groups -OCH3 is 2. The molecular weight excluding hydrogens is 794 g/mol. The summed E-state index contributed by atoms with van der Waals surface area (Å²) in [4.78, 5) is 31.1. The van der Waals surface area contributed by atoms with Crippen LogP contribution in [-0.2, 0) is 28.9 Å². The van der Waals surface area contributed by atoms with E-state index in [0.29, 0.717) is 17.9 Å². The number of hydrogen-bond donors (Lipinski definition) is 1. The standard InChI is InChI=1S/C47H62N5O8P/c1-9-11-16-35(10-2)45(53)49-43-27-29-51(46(54)50-43)44-31-41(60-61(58-30-15-28-48)52(33(3)4)34(5)6)42(59-44)32-57-47(36-17-13-12-14-18-36,37-19-23-39(55-7)24-20-37)38-21-25-40(56-8)26-22-38/h12-14,17-27,29,33-35,41-42,44H,9-11,15-16,30-32H2,1-8H3,(H,49,50,53,54). The number of nitrogens with one attached hydrogen (secondary N) is 1. The molecule has 0 saturated carbocycles. The number of carbonyl (C=O) groups excluding carboxylic acids is 1. The zero-order valence-corrected chi connectivity index (χ0v) is 37.7. The van der Waals surface area contributed by atoms with Crippen LogP contribution in [0.1, 0.15) is 103 Å². The first-order valence-electron chi connectivity index (χ1n) is 21.3. The third kappa shape index (κ3) is 11.8. The maximum absolute atomic E-state index is 13.8. The van der Waals surface area contributed by atoms with Crippen molar-refractivity contribution >= 4 is 20.3 Å². The largest absolute Gasteiger partial charge is 0.497 e. The van der Waals surface area contributed by atoms with E-state index >= 15 is 0 Å². The van der Waals surface area contributed by atoms with Crippen LogP contribution in [0.4, 0.5) is 5.82 Å². The predicted octanol–water partition coefficient (Wildman–Crippen LogP) is 9.37. The van der Waals surface area contributed by atoms with Crippen molar-refractivity contribution in [3.05, 3.63) is 118 Å². The Morgan fingerprint density at radius 2 is 1.56 bits per heavy atom. The van der Waals surface area contributed by atoms with Crippen LogP contribution in [0.15, 0.2) is 95.9 Å². The van der Waals surface area contributed by atoms with Crippen molar-refractivity contribution in [1.29, 1.82) is 5.26 Å². The topological polar surface area (TPSA) is 146 Å². The van der Waals surface area contributed by atoms with E-state index in [2.05, 4.69) is 55.7 Å². The van der Waals surface area contributed by atoms with Gasteiger partial charge in [0.25, 0.3) is 8.53 Å². The van der Waals surface area contributed by atoms with Crippen molar-refractivity contribution < 1.29 is 32.8 Å². The Bertz CT molecular complexity index is 2000. The molecule has 2 heterocycles. The first kappa shape index (κ1) is 47.4. The lowest BCUT2D eigenvalue weighted by Gasteiger charge is -2.39. The van der Waals surface area contributed by atoms with Gasteiger partial charge in [-0.15, -0.1) is 0 Å². The van der Waals surface area contributed by atoms with E-state index in [1.54, 1.807) is 26.5 Å². The maximum atomic E-state index is 13.8. The molecule has 1 fully saturated rings. The molecule has 14 heteroatoms. The molecule has 0 bridgehead atoms. The monoisotopic (exact) mass is 855 g/mol. The second-order valence-electron chi connectivity index (χ2n) is 15.6. The predicted molar refractivity (Wildman–Crippen MR) is 237 cm³/mol. The lowest BCUT2D eigenvalue weighted by molar-refractivity contribution is -0.120. The number of rotatable bonds is 23. The van der Waals surface area contributed by atoms with E-state index in [1.807, 2.05) is 85.8 Å². The Hall–Kier alpha value is -4.67. The van der Waals surface area contributed by atoms with Gasteiger partial charge >= 0.3 is 5.69 Å². The van der Waals surface area contributed by atoms with E-state index in [1.165, 1.54) is 4.57 Å². The van der Waals surface area contributed by atoms with Crippen molar-refractivity contribution in [3.8, 4) is 17.6 Å². The number of amides is 1. The van der Waals surface area contributed by atoms with Crippen LogP contribution in [0.5, 0.6) is 11.5 Å². The second-order valence-corrected chi connectivity index (χ2v) is 17.0. The molecule has 0 spiro atoms. The van der Waals surface area contributed by atoms with Gasteiger partial charge in [-0.25, -0.2) is 9.46 Å². The highest BCUT2D eigenvalue weighted by Gasteiger charge is 2.45. The Morgan fingerprint density at radius 1 is 0.951 bits per heavy atom. The van der Waals surface area contributed by atoms with Gasteiger partial charge < -0.3 is 33.3 Å². The average Bonchev–Trinajstić information content (AvgIpc) is 3.66. The van der Waals surface area contributed by atoms with Crippen molar-refractivity contribution in [2.45, 2.75) is 116 Å². The zero-order chi connectivity index (χ0) is 43.9. The average molecular weight is 856 g/mol. The molecule has 1 aliphatic heterocycles. The van der Waals surface area contributed by atoms with Crippen molar-refractivity contribution in [2.24, 2.45) is 5.92 Å². The molecule has 13 nitrogen and oxygen atoms in total. The Balaban J connectivity index is 1.55. The summed E-state index contributed by atoms with van der Waals surface area (Å²) in [7, 11) is 1.57. The number of unbranched alkanes of at least 4 members (excludes halogenated alkanes) is 1. The molecular formula is C47H62N5O8P. The molecule has 5 rings (SSSR count). The summed E-state index contributed by atoms with van der Waals surface area (Å²) in [5.74, 6) is 1.28. The quantitative estimate of drug-likeness (QED) is 0.0433. The van der Waals surface area contributed by atoms with Gasteiger partial charge in [-0.2, -0.15) is 10.2 Å². The molecule has 0 radical (unpaired) electrons. The summed E-state index contributed by atoms with van der Waals surface area (Å²) in [6.07, 6.45) is 3.37. The number of nitrogens with zero attached hydrogens (tertiary/aromatic N) is 4. The molecule has 328 valence electrons. The first-order chi connectivity index (χ1) is 29.5. The fraction of sp³-hybridized carbons (Fsp3) is 0.489. The lowest BCUT2D eigenvalue weighted by atomic mass is 9.80. The van der Waals surface area contributed by atoms with Gasteiger partial charge in [0.15, 0.2) is 0 Å². The smallest absolute Gasteiger partial charge is 0.351 e. The maximum Gasteiger partial charge on any atom is 0.351 e. The van der Waals surface area contributed by atoms with E-state index < -0.39 is 38.3 Å². The van der Waals surface area contributed by atoms with Crippen LogP contribution < -0.4 is 20.5 Å². The number of benzene rings is 3. The van der Waals surface area contributed by atoms with Gasteiger partial charge in [0.1, 0.15) is 35.2 Å². The molecule has 61 heavy (non-hydrogen) atoms. The van der Waals surface area contributed by atoms with Crippen LogP contribution in [0.25, 0.3) is 0 Å². The summed E-state index contributed by atoms with van der Waals surface area (Å²) in [5, 5.41) is 12.2.